The van der Waals surface area contributed by atoms with Crippen molar-refractivity contribution < 1.29 is 24.0 Å². The molecule has 11 heteroatoms. The van der Waals surface area contributed by atoms with Crippen LogP contribution in [-0.4, -0.2) is 51.4 Å². The van der Waals surface area contributed by atoms with Crippen LogP contribution < -0.4 is 4.74 Å². The standard InChI is InChI=1S/C23H20BrN3O6S/c24-17-7-8-19(33-14-15-5-1-2-6-18(15)27(31)32)16(11-17)12-20-22(29)26(23(30)34-20)13-21(28)25-9-3-4-10-25/h1-2,5-8,11-12H,3-4,9-10,13-14H2/b20-12-. The maximum atomic E-state index is 12.9. The molecule has 0 unspecified atom stereocenters. The van der Waals surface area contributed by atoms with Crippen molar-refractivity contribution in [2.45, 2.75) is 19.4 Å². The molecule has 2 aliphatic rings. The van der Waals surface area contributed by atoms with Crippen LogP contribution in [0.25, 0.3) is 6.08 Å². The number of nitrogens with zero attached hydrogens (tertiary/aromatic N) is 3. The van der Waals surface area contributed by atoms with Gasteiger partial charge in [0.05, 0.1) is 15.4 Å². The summed E-state index contributed by atoms with van der Waals surface area (Å²) in [5, 5.41) is 10.8. The number of nitro groups is 1. The molecule has 34 heavy (non-hydrogen) atoms. The molecule has 0 aliphatic carbocycles. The minimum absolute atomic E-state index is 0.0502. The lowest BCUT2D eigenvalue weighted by Crippen LogP contribution is -2.40. The molecule has 0 N–H and O–H groups in total. The predicted molar refractivity (Wildman–Crippen MR) is 130 cm³/mol. The molecule has 0 radical (unpaired) electrons. The monoisotopic (exact) mass is 545 g/mol. The number of benzene rings is 2. The number of hydrogen-bond donors (Lipinski definition) is 0. The topological polar surface area (TPSA) is 110 Å². The summed E-state index contributed by atoms with van der Waals surface area (Å²) in [4.78, 5) is 51.4. The number of carbonyl (C=O) groups is 3. The number of carbonyl (C=O) groups excluding carboxylic acids is 3. The van der Waals surface area contributed by atoms with Crippen molar-refractivity contribution in [3.05, 3.63) is 73.1 Å². The highest BCUT2D eigenvalue weighted by Crippen LogP contribution is 2.35. The molecule has 4 rings (SSSR count). The summed E-state index contributed by atoms with van der Waals surface area (Å²) in [6.45, 7) is 0.958. The third kappa shape index (κ3) is 5.31. The second-order valence-corrected chi connectivity index (χ2v) is 9.62. The van der Waals surface area contributed by atoms with Crippen molar-refractivity contribution in [2.24, 2.45) is 0 Å². The van der Waals surface area contributed by atoms with Gasteiger partial charge in [-0.1, -0.05) is 28.1 Å². The van der Waals surface area contributed by atoms with Crippen LogP contribution >= 0.6 is 27.7 Å². The maximum Gasteiger partial charge on any atom is 0.294 e. The van der Waals surface area contributed by atoms with Gasteiger partial charge in [0.2, 0.25) is 5.91 Å². The Morgan fingerprint density at radius 1 is 1.18 bits per heavy atom. The molecule has 0 atom stereocenters. The second kappa shape index (κ2) is 10.4. The van der Waals surface area contributed by atoms with E-state index in [1.54, 1.807) is 41.3 Å². The fourth-order valence-corrected chi connectivity index (χ4v) is 4.92. The Morgan fingerprint density at radius 2 is 1.91 bits per heavy atom. The van der Waals surface area contributed by atoms with E-state index in [1.165, 1.54) is 12.1 Å². The molecular formula is C23H20BrN3O6S. The summed E-state index contributed by atoms with van der Waals surface area (Å²) in [5.74, 6) is -0.384. The van der Waals surface area contributed by atoms with Gasteiger partial charge in [-0.3, -0.25) is 29.4 Å². The predicted octanol–water partition coefficient (Wildman–Crippen LogP) is 4.60. The molecule has 176 valence electrons. The number of rotatable bonds is 7. The second-order valence-electron chi connectivity index (χ2n) is 7.71. The van der Waals surface area contributed by atoms with E-state index in [0.29, 0.717) is 30.0 Å². The lowest BCUT2D eigenvalue weighted by molar-refractivity contribution is -0.385. The highest BCUT2D eigenvalue weighted by Gasteiger charge is 2.37. The van der Waals surface area contributed by atoms with Gasteiger partial charge >= 0.3 is 0 Å². The molecule has 2 aliphatic heterocycles. The summed E-state index contributed by atoms with van der Waals surface area (Å²) in [6.07, 6.45) is 3.38. The molecule has 0 aromatic heterocycles. The van der Waals surface area contributed by atoms with Crippen molar-refractivity contribution in [3.8, 4) is 5.75 Å². The first kappa shape index (κ1) is 24.0. The number of thioether (sulfide) groups is 1. The van der Waals surface area contributed by atoms with Gasteiger partial charge in [-0.2, -0.15) is 0 Å². The van der Waals surface area contributed by atoms with Gasteiger partial charge in [0, 0.05) is 29.2 Å². The Balaban J connectivity index is 1.53. The number of ether oxygens (including phenoxy) is 1. The zero-order valence-electron chi connectivity index (χ0n) is 17.9. The van der Waals surface area contributed by atoms with E-state index in [1.807, 2.05) is 0 Å². The normalized spacial score (nSPS) is 17.0. The summed E-state index contributed by atoms with van der Waals surface area (Å²) in [7, 11) is 0. The largest absolute Gasteiger partial charge is 0.488 e. The third-order valence-electron chi connectivity index (χ3n) is 5.46. The van der Waals surface area contributed by atoms with E-state index >= 15 is 0 Å². The molecule has 0 bridgehead atoms. The molecule has 2 saturated heterocycles. The van der Waals surface area contributed by atoms with E-state index in [9.17, 15) is 24.5 Å². The van der Waals surface area contributed by atoms with Gasteiger partial charge in [0.25, 0.3) is 16.8 Å². The van der Waals surface area contributed by atoms with Crippen molar-refractivity contribution in [1.82, 2.24) is 9.80 Å². The SMILES string of the molecule is O=C(CN1C(=O)S/C(=C\c2cc(Br)ccc2OCc2ccccc2[N+](=O)[O-])C1=O)N1CCCC1. The number of imide groups is 1. The Labute approximate surface area is 208 Å². The van der Waals surface area contributed by atoms with Crippen molar-refractivity contribution in [3.63, 3.8) is 0 Å². The van der Waals surface area contributed by atoms with Crippen LogP contribution in [0.4, 0.5) is 10.5 Å². The number of likely N-dealkylation sites (tertiary alicyclic amines) is 1. The fourth-order valence-electron chi connectivity index (χ4n) is 3.71. The lowest BCUT2D eigenvalue weighted by Gasteiger charge is -2.18. The van der Waals surface area contributed by atoms with Gasteiger partial charge in [-0.25, -0.2) is 0 Å². The molecule has 2 aromatic carbocycles. The molecule has 2 aromatic rings. The van der Waals surface area contributed by atoms with Crippen LogP contribution in [0, 0.1) is 10.1 Å². The smallest absolute Gasteiger partial charge is 0.294 e. The summed E-state index contributed by atoms with van der Waals surface area (Å²) >= 11 is 4.15. The van der Waals surface area contributed by atoms with Crippen LogP contribution in [-0.2, 0) is 16.2 Å². The van der Waals surface area contributed by atoms with Crippen LogP contribution in [0.3, 0.4) is 0 Å². The molecule has 0 saturated carbocycles. The summed E-state index contributed by atoms with van der Waals surface area (Å²) in [5.41, 5.74) is 0.872. The molecule has 2 heterocycles. The number of nitro benzene ring substituents is 1. The molecule has 3 amide bonds. The number of amides is 3. The van der Waals surface area contributed by atoms with Gasteiger partial charge in [-0.05, 0) is 54.9 Å². The first-order chi connectivity index (χ1) is 16.3. The quantitative estimate of drug-likeness (QED) is 0.284. The van der Waals surface area contributed by atoms with E-state index in [4.69, 9.17) is 4.74 Å². The van der Waals surface area contributed by atoms with Crippen molar-refractivity contribution in [1.29, 1.82) is 0 Å². The molecule has 9 nitrogen and oxygen atoms in total. The van der Waals surface area contributed by atoms with E-state index in [-0.39, 0.29) is 29.7 Å². The maximum absolute atomic E-state index is 12.9. The van der Waals surface area contributed by atoms with E-state index < -0.39 is 16.1 Å². The van der Waals surface area contributed by atoms with Crippen molar-refractivity contribution >= 4 is 56.5 Å². The third-order valence-corrected chi connectivity index (χ3v) is 6.86. The number of halogens is 1. The van der Waals surface area contributed by atoms with E-state index in [0.717, 1.165) is 34.0 Å². The fraction of sp³-hybridized carbons (Fsp3) is 0.261. The minimum Gasteiger partial charge on any atom is -0.488 e. The zero-order valence-corrected chi connectivity index (χ0v) is 20.3. The molecular weight excluding hydrogens is 526 g/mol. The Kier molecular flexibility index (Phi) is 7.32. The number of hydrogen-bond acceptors (Lipinski definition) is 7. The first-order valence-electron chi connectivity index (χ1n) is 10.5. The Hall–Kier alpha value is -3.18. The van der Waals surface area contributed by atoms with Crippen LogP contribution in [0.15, 0.2) is 51.8 Å². The highest BCUT2D eigenvalue weighted by molar-refractivity contribution is 9.10. The summed E-state index contributed by atoms with van der Waals surface area (Å²) in [6, 6.07) is 11.4. The van der Waals surface area contributed by atoms with Gasteiger partial charge < -0.3 is 9.64 Å². The molecule has 2 fully saturated rings. The van der Waals surface area contributed by atoms with Gasteiger partial charge in [0.1, 0.15) is 18.9 Å². The average Bonchev–Trinajstić information content (AvgIpc) is 3.44. The minimum atomic E-state index is -0.535. The lowest BCUT2D eigenvalue weighted by atomic mass is 10.1. The zero-order chi connectivity index (χ0) is 24.2. The Morgan fingerprint density at radius 3 is 2.65 bits per heavy atom. The first-order valence-corrected chi connectivity index (χ1v) is 12.1. The van der Waals surface area contributed by atoms with Gasteiger partial charge in [-0.15, -0.1) is 0 Å². The van der Waals surface area contributed by atoms with Crippen LogP contribution in [0.1, 0.15) is 24.0 Å². The Bertz CT molecular complexity index is 1190. The highest BCUT2D eigenvalue weighted by atomic mass is 79.9. The number of para-hydroxylation sites is 1. The van der Waals surface area contributed by atoms with Crippen LogP contribution in [0.5, 0.6) is 5.75 Å². The molecule has 0 spiro atoms. The average molecular weight is 546 g/mol. The van der Waals surface area contributed by atoms with Crippen LogP contribution in [0.2, 0.25) is 0 Å². The van der Waals surface area contributed by atoms with E-state index in [2.05, 4.69) is 15.9 Å². The van der Waals surface area contributed by atoms with Gasteiger partial charge in [0.15, 0.2) is 0 Å². The van der Waals surface area contributed by atoms with Crippen molar-refractivity contribution in [2.75, 3.05) is 19.6 Å². The summed E-state index contributed by atoms with van der Waals surface area (Å²) < 4.78 is 6.57.